The standard InChI is InChI=1S/C22H37FO4/c1-4-5-14-22(2,3)20(25)13-12-17-16(18(23)15-19(17)24)10-8-6-7-9-11-21(26)27/h6,8,12-13,16-20,24-25H,4-5,7,9-11,14-15H2,1-3H3,(H,26,27)/b8-6-,13-12+/t16-,17-,18+,19-,20-/m1/s1. The molecule has 27 heavy (non-hydrogen) atoms. The van der Waals surface area contributed by atoms with E-state index >= 15 is 0 Å². The smallest absolute Gasteiger partial charge is 0.303 e. The second kappa shape index (κ2) is 11.6. The molecule has 5 heteroatoms. The van der Waals surface area contributed by atoms with Gasteiger partial charge in [-0.15, -0.1) is 0 Å². The first kappa shape index (κ1) is 23.8. The Morgan fingerprint density at radius 1 is 1.30 bits per heavy atom. The molecule has 0 radical (unpaired) electrons. The summed E-state index contributed by atoms with van der Waals surface area (Å²) in [4.78, 5) is 10.5. The topological polar surface area (TPSA) is 77.8 Å². The van der Waals surface area contributed by atoms with Crippen LogP contribution in [0.4, 0.5) is 4.39 Å². The highest BCUT2D eigenvalue weighted by Gasteiger charge is 2.41. The summed E-state index contributed by atoms with van der Waals surface area (Å²) in [7, 11) is 0. The van der Waals surface area contributed by atoms with Gasteiger partial charge in [-0.3, -0.25) is 4.79 Å². The number of halogens is 1. The van der Waals surface area contributed by atoms with Crippen molar-refractivity contribution >= 4 is 5.97 Å². The van der Waals surface area contributed by atoms with Crippen LogP contribution in [0.25, 0.3) is 0 Å². The van der Waals surface area contributed by atoms with Gasteiger partial charge >= 0.3 is 5.97 Å². The number of alkyl halides is 1. The second-order valence-electron chi connectivity index (χ2n) is 8.48. The summed E-state index contributed by atoms with van der Waals surface area (Å²) in [6.45, 7) is 6.17. The Hall–Kier alpha value is -1.20. The predicted octanol–water partition coefficient (Wildman–Crippen LogP) is 4.66. The minimum absolute atomic E-state index is 0.127. The third-order valence-electron chi connectivity index (χ3n) is 5.70. The van der Waals surface area contributed by atoms with E-state index in [9.17, 15) is 19.4 Å². The minimum atomic E-state index is -1.07. The molecular formula is C22H37FO4. The zero-order chi connectivity index (χ0) is 20.4. The van der Waals surface area contributed by atoms with Gasteiger partial charge in [0.05, 0.1) is 12.2 Å². The van der Waals surface area contributed by atoms with Crippen molar-refractivity contribution in [1.29, 1.82) is 0 Å². The van der Waals surface area contributed by atoms with Crippen molar-refractivity contribution in [2.45, 2.75) is 90.5 Å². The lowest BCUT2D eigenvalue weighted by atomic mass is 9.80. The van der Waals surface area contributed by atoms with Gasteiger partial charge in [0.15, 0.2) is 0 Å². The Morgan fingerprint density at radius 3 is 2.63 bits per heavy atom. The van der Waals surface area contributed by atoms with Crippen LogP contribution in [0.5, 0.6) is 0 Å². The number of allylic oxidation sites excluding steroid dienone is 2. The Morgan fingerprint density at radius 2 is 2.00 bits per heavy atom. The molecule has 0 heterocycles. The van der Waals surface area contributed by atoms with Crippen LogP contribution < -0.4 is 0 Å². The lowest BCUT2D eigenvalue weighted by Crippen LogP contribution is -2.28. The van der Waals surface area contributed by atoms with E-state index in [4.69, 9.17) is 5.11 Å². The average molecular weight is 385 g/mol. The van der Waals surface area contributed by atoms with Gasteiger partial charge in [0.2, 0.25) is 0 Å². The van der Waals surface area contributed by atoms with Crippen molar-refractivity contribution in [3.05, 3.63) is 24.3 Å². The maximum atomic E-state index is 14.3. The van der Waals surface area contributed by atoms with Crippen molar-refractivity contribution in [3.8, 4) is 0 Å². The molecule has 0 bridgehead atoms. The van der Waals surface area contributed by atoms with Gasteiger partial charge in [-0.05, 0) is 31.1 Å². The van der Waals surface area contributed by atoms with E-state index in [1.165, 1.54) is 0 Å². The van der Waals surface area contributed by atoms with Gasteiger partial charge in [-0.2, -0.15) is 0 Å². The minimum Gasteiger partial charge on any atom is -0.481 e. The number of carboxylic acids is 1. The lowest BCUT2D eigenvalue weighted by molar-refractivity contribution is -0.137. The zero-order valence-corrected chi connectivity index (χ0v) is 17.0. The SMILES string of the molecule is CCCCC(C)(C)[C@H](O)/C=C/[C@@H]1[C@@H](C/C=C\CCCC(=O)O)[C@@H](F)C[C@H]1O. The van der Waals surface area contributed by atoms with Crippen LogP contribution in [0.1, 0.15) is 72.1 Å². The van der Waals surface area contributed by atoms with Crippen LogP contribution in [-0.2, 0) is 4.79 Å². The molecule has 156 valence electrons. The molecule has 1 saturated carbocycles. The summed E-state index contributed by atoms with van der Waals surface area (Å²) >= 11 is 0. The van der Waals surface area contributed by atoms with Crippen molar-refractivity contribution in [3.63, 3.8) is 0 Å². The number of hydrogen-bond donors (Lipinski definition) is 3. The molecule has 0 aromatic heterocycles. The highest BCUT2D eigenvalue weighted by Crippen LogP contribution is 2.39. The normalized spacial score (nSPS) is 27.6. The number of carboxylic acid groups (broad SMARTS) is 1. The van der Waals surface area contributed by atoms with Crippen LogP contribution in [0.15, 0.2) is 24.3 Å². The summed E-state index contributed by atoms with van der Waals surface area (Å²) in [5.41, 5.74) is -0.245. The lowest BCUT2D eigenvalue weighted by Gasteiger charge is -2.29. The number of aliphatic hydroxyl groups excluding tert-OH is 2. The second-order valence-corrected chi connectivity index (χ2v) is 8.48. The van der Waals surface area contributed by atoms with Crippen LogP contribution in [-0.4, -0.2) is 39.7 Å². The molecule has 1 aliphatic carbocycles. The van der Waals surface area contributed by atoms with Crippen LogP contribution in [0, 0.1) is 17.3 Å². The van der Waals surface area contributed by atoms with Crippen LogP contribution in [0.2, 0.25) is 0 Å². The predicted molar refractivity (Wildman–Crippen MR) is 106 cm³/mol. The first-order valence-corrected chi connectivity index (χ1v) is 10.2. The molecule has 0 saturated heterocycles. The Balaban J connectivity index is 2.62. The summed E-state index contributed by atoms with van der Waals surface area (Å²) in [5, 5.41) is 29.3. The summed E-state index contributed by atoms with van der Waals surface area (Å²) in [5.74, 6) is -1.42. The van der Waals surface area contributed by atoms with Gasteiger partial charge < -0.3 is 15.3 Å². The molecule has 5 atom stereocenters. The maximum Gasteiger partial charge on any atom is 0.303 e. The number of unbranched alkanes of at least 4 members (excludes halogenated alkanes) is 2. The van der Waals surface area contributed by atoms with Crippen LogP contribution in [0.3, 0.4) is 0 Å². The Labute approximate surface area is 163 Å². The van der Waals surface area contributed by atoms with Crippen LogP contribution >= 0.6 is 0 Å². The number of hydrogen-bond acceptors (Lipinski definition) is 3. The summed E-state index contributed by atoms with van der Waals surface area (Å²) < 4.78 is 14.3. The van der Waals surface area contributed by atoms with E-state index in [2.05, 4.69) is 6.92 Å². The van der Waals surface area contributed by atoms with E-state index < -0.39 is 24.3 Å². The van der Waals surface area contributed by atoms with Crippen molar-refractivity contribution in [2.75, 3.05) is 0 Å². The number of rotatable bonds is 12. The molecule has 0 aliphatic heterocycles. The summed E-state index contributed by atoms with van der Waals surface area (Å²) in [6, 6.07) is 0. The van der Waals surface area contributed by atoms with Gasteiger partial charge in [-0.25, -0.2) is 4.39 Å². The summed E-state index contributed by atoms with van der Waals surface area (Å²) in [6.07, 6.45) is 9.92. The Kier molecular flexibility index (Phi) is 10.2. The van der Waals surface area contributed by atoms with E-state index in [-0.39, 0.29) is 30.1 Å². The Bertz CT molecular complexity index is 501. The molecular weight excluding hydrogens is 347 g/mol. The zero-order valence-electron chi connectivity index (χ0n) is 17.0. The molecule has 1 fully saturated rings. The first-order valence-electron chi connectivity index (χ1n) is 10.2. The van der Waals surface area contributed by atoms with Gasteiger partial charge in [-0.1, -0.05) is 57.9 Å². The average Bonchev–Trinajstić information content (AvgIpc) is 2.86. The van der Waals surface area contributed by atoms with E-state index in [1.807, 2.05) is 26.0 Å². The van der Waals surface area contributed by atoms with Crippen molar-refractivity contribution < 1.29 is 24.5 Å². The molecule has 4 nitrogen and oxygen atoms in total. The van der Waals surface area contributed by atoms with Gasteiger partial charge in [0.25, 0.3) is 0 Å². The number of carbonyl (C=O) groups is 1. The highest BCUT2D eigenvalue weighted by molar-refractivity contribution is 5.66. The van der Waals surface area contributed by atoms with Crippen molar-refractivity contribution in [1.82, 2.24) is 0 Å². The highest BCUT2D eigenvalue weighted by atomic mass is 19.1. The molecule has 0 spiro atoms. The fourth-order valence-corrected chi connectivity index (χ4v) is 3.68. The fourth-order valence-electron chi connectivity index (χ4n) is 3.68. The molecule has 0 amide bonds. The van der Waals surface area contributed by atoms with E-state index in [1.54, 1.807) is 12.2 Å². The third kappa shape index (κ3) is 8.14. The number of aliphatic hydroxyl groups is 2. The van der Waals surface area contributed by atoms with Gasteiger partial charge in [0.1, 0.15) is 6.17 Å². The maximum absolute atomic E-state index is 14.3. The first-order chi connectivity index (χ1) is 12.7. The quantitative estimate of drug-likeness (QED) is 0.338. The molecule has 1 rings (SSSR count). The van der Waals surface area contributed by atoms with E-state index in [0.717, 1.165) is 19.3 Å². The van der Waals surface area contributed by atoms with Crippen molar-refractivity contribution in [2.24, 2.45) is 17.3 Å². The largest absolute Gasteiger partial charge is 0.481 e. The van der Waals surface area contributed by atoms with Gasteiger partial charge in [0, 0.05) is 24.7 Å². The monoisotopic (exact) mass is 384 g/mol. The number of aliphatic carboxylic acids is 1. The van der Waals surface area contributed by atoms with E-state index in [0.29, 0.717) is 19.3 Å². The molecule has 0 aromatic rings. The molecule has 3 N–H and O–H groups in total. The molecule has 0 aromatic carbocycles. The fraction of sp³-hybridized carbons (Fsp3) is 0.773. The molecule has 0 unspecified atom stereocenters. The molecule has 1 aliphatic rings. The third-order valence-corrected chi connectivity index (χ3v) is 5.70.